The highest BCUT2D eigenvalue weighted by Gasteiger charge is 1.84. The summed E-state index contributed by atoms with van der Waals surface area (Å²) in [6.07, 6.45) is 1.25. The van der Waals surface area contributed by atoms with E-state index in [1.807, 2.05) is 0 Å². The Hall–Kier alpha value is -0.460. The predicted octanol–water partition coefficient (Wildman–Crippen LogP) is 3.33. The number of hydrogen-bond donors (Lipinski definition) is 1. The minimum Gasteiger partial charge on any atom is -0.389 e. The van der Waals surface area contributed by atoms with Gasteiger partial charge < -0.3 is 5.32 Å². The fraction of sp³-hybridized carbons (Fsp3) is 0.800. The average molecular weight is 157 g/mol. The fourth-order valence-corrected chi connectivity index (χ4v) is 0.442. The summed E-state index contributed by atoms with van der Waals surface area (Å²) in [4.78, 5) is 0. The Labute approximate surface area is 71.9 Å². The molecule has 0 amide bonds. The van der Waals surface area contributed by atoms with Gasteiger partial charge in [-0.25, -0.2) is 0 Å². The van der Waals surface area contributed by atoms with Crippen LogP contribution in [-0.4, -0.2) is 6.54 Å². The zero-order valence-electron chi connectivity index (χ0n) is 8.91. The zero-order chi connectivity index (χ0) is 9.28. The molecule has 0 aromatic heterocycles. The van der Waals surface area contributed by atoms with Gasteiger partial charge in [0.05, 0.1) is 0 Å². The molecular weight excluding hydrogens is 134 g/mol. The van der Waals surface area contributed by atoms with Crippen molar-refractivity contribution in [2.24, 2.45) is 0 Å². The largest absolute Gasteiger partial charge is 0.389 e. The maximum atomic E-state index is 3.22. The molecule has 0 radical (unpaired) electrons. The van der Waals surface area contributed by atoms with Gasteiger partial charge in [0.15, 0.2) is 0 Å². The van der Waals surface area contributed by atoms with Gasteiger partial charge in [-0.2, -0.15) is 0 Å². The van der Waals surface area contributed by atoms with Crippen LogP contribution in [0.1, 0.15) is 48.0 Å². The smallest absolute Gasteiger partial charge is 0.0115 e. The molecule has 1 heteroatoms. The van der Waals surface area contributed by atoms with Gasteiger partial charge in [0, 0.05) is 12.2 Å². The molecule has 0 aliphatic heterocycles. The highest BCUT2D eigenvalue weighted by Crippen LogP contribution is 1.95. The van der Waals surface area contributed by atoms with E-state index in [0.717, 1.165) is 6.54 Å². The fourth-order valence-electron chi connectivity index (χ4n) is 0.442. The minimum absolute atomic E-state index is 1.02. The van der Waals surface area contributed by atoms with Crippen LogP contribution in [0.4, 0.5) is 0 Å². The normalized spacial score (nSPS) is 7.82. The summed E-state index contributed by atoms with van der Waals surface area (Å²) in [6, 6.07) is 0. The van der Waals surface area contributed by atoms with Crippen molar-refractivity contribution in [1.29, 1.82) is 0 Å². The Morgan fingerprint density at radius 3 is 1.45 bits per heavy atom. The SMILES string of the molecule is CCC.CCNC(C)=C(C)C. The molecule has 0 aliphatic carbocycles. The van der Waals surface area contributed by atoms with Gasteiger partial charge in [-0.3, -0.25) is 0 Å². The lowest BCUT2D eigenvalue weighted by atomic mass is 10.3. The molecule has 0 aliphatic rings. The molecule has 0 unspecified atom stereocenters. The Bertz CT molecular complexity index is 99.4. The molecular formula is C10H23N. The summed E-state index contributed by atoms with van der Waals surface area (Å²) in [5, 5.41) is 3.22. The third-order valence-electron chi connectivity index (χ3n) is 1.19. The second kappa shape index (κ2) is 9.54. The highest BCUT2D eigenvalue weighted by atomic mass is 14.9. The average Bonchev–Trinajstić information content (AvgIpc) is 1.90. The van der Waals surface area contributed by atoms with Crippen LogP contribution >= 0.6 is 0 Å². The van der Waals surface area contributed by atoms with Crippen LogP contribution in [0.5, 0.6) is 0 Å². The summed E-state index contributed by atoms with van der Waals surface area (Å²) in [6.45, 7) is 13.7. The van der Waals surface area contributed by atoms with Crippen LogP contribution in [0.2, 0.25) is 0 Å². The van der Waals surface area contributed by atoms with Crippen LogP contribution in [0.3, 0.4) is 0 Å². The molecule has 0 rings (SSSR count). The van der Waals surface area contributed by atoms with E-state index in [-0.39, 0.29) is 0 Å². The van der Waals surface area contributed by atoms with E-state index in [9.17, 15) is 0 Å². The Balaban J connectivity index is 0. The Morgan fingerprint density at radius 2 is 1.36 bits per heavy atom. The van der Waals surface area contributed by atoms with Crippen LogP contribution in [0.15, 0.2) is 11.3 Å². The number of nitrogens with one attached hydrogen (secondary N) is 1. The molecule has 0 aromatic carbocycles. The van der Waals surface area contributed by atoms with Crippen LogP contribution < -0.4 is 5.32 Å². The molecule has 0 spiro atoms. The van der Waals surface area contributed by atoms with Crippen molar-refractivity contribution in [3.05, 3.63) is 11.3 Å². The summed E-state index contributed by atoms with van der Waals surface area (Å²) in [5.41, 5.74) is 2.67. The summed E-state index contributed by atoms with van der Waals surface area (Å²) in [7, 11) is 0. The number of hydrogen-bond acceptors (Lipinski definition) is 1. The quantitative estimate of drug-likeness (QED) is 0.648. The van der Waals surface area contributed by atoms with E-state index < -0.39 is 0 Å². The zero-order valence-corrected chi connectivity index (χ0v) is 8.91. The molecule has 0 atom stereocenters. The first-order valence-corrected chi connectivity index (χ1v) is 4.47. The summed E-state index contributed by atoms with van der Waals surface area (Å²) in [5.74, 6) is 0. The lowest BCUT2D eigenvalue weighted by molar-refractivity contribution is 0.838. The van der Waals surface area contributed by atoms with Gasteiger partial charge in [0.1, 0.15) is 0 Å². The van der Waals surface area contributed by atoms with Gasteiger partial charge in [0.25, 0.3) is 0 Å². The Morgan fingerprint density at radius 1 is 1.00 bits per heavy atom. The molecule has 0 aromatic rings. The predicted molar refractivity (Wildman–Crippen MR) is 53.7 cm³/mol. The maximum absolute atomic E-state index is 3.22. The molecule has 11 heavy (non-hydrogen) atoms. The van der Waals surface area contributed by atoms with Gasteiger partial charge in [-0.05, 0) is 27.7 Å². The molecule has 0 fully saturated rings. The van der Waals surface area contributed by atoms with E-state index in [1.165, 1.54) is 17.7 Å². The topological polar surface area (TPSA) is 12.0 Å². The van der Waals surface area contributed by atoms with Crippen LogP contribution in [0.25, 0.3) is 0 Å². The summed E-state index contributed by atoms with van der Waals surface area (Å²) < 4.78 is 0. The van der Waals surface area contributed by atoms with Crippen molar-refractivity contribution >= 4 is 0 Å². The van der Waals surface area contributed by atoms with Crippen molar-refractivity contribution in [3.8, 4) is 0 Å². The standard InChI is InChI=1S/C7H15N.C3H8/c1-5-8-7(4)6(2)3;1-3-2/h8H,5H2,1-4H3;3H2,1-2H3. The molecule has 68 valence electrons. The molecule has 0 bridgehead atoms. The van der Waals surface area contributed by atoms with Gasteiger partial charge >= 0.3 is 0 Å². The molecule has 0 saturated carbocycles. The van der Waals surface area contributed by atoms with Crippen LogP contribution in [-0.2, 0) is 0 Å². The maximum Gasteiger partial charge on any atom is 0.0115 e. The van der Waals surface area contributed by atoms with Crippen molar-refractivity contribution in [3.63, 3.8) is 0 Å². The third kappa shape index (κ3) is 12.7. The lowest BCUT2D eigenvalue weighted by Gasteiger charge is -2.03. The lowest BCUT2D eigenvalue weighted by Crippen LogP contribution is -2.10. The van der Waals surface area contributed by atoms with Crippen molar-refractivity contribution in [1.82, 2.24) is 5.32 Å². The van der Waals surface area contributed by atoms with Crippen molar-refractivity contribution in [2.75, 3.05) is 6.54 Å². The molecule has 0 heterocycles. The van der Waals surface area contributed by atoms with Gasteiger partial charge in [-0.1, -0.05) is 25.8 Å². The number of rotatable bonds is 2. The second-order valence-electron chi connectivity index (χ2n) is 2.86. The number of allylic oxidation sites excluding steroid dienone is 2. The van der Waals surface area contributed by atoms with Crippen LogP contribution in [0, 0.1) is 0 Å². The molecule has 0 saturated heterocycles. The van der Waals surface area contributed by atoms with Gasteiger partial charge in [-0.15, -0.1) is 0 Å². The molecule has 1 N–H and O–H groups in total. The summed E-state index contributed by atoms with van der Waals surface area (Å²) >= 11 is 0. The van der Waals surface area contributed by atoms with E-state index in [2.05, 4.69) is 46.9 Å². The first-order valence-electron chi connectivity index (χ1n) is 4.47. The highest BCUT2D eigenvalue weighted by molar-refractivity contribution is 5.03. The second-order valence-corrected chi connectivity index (χ2v) is 2.86. The van der Waals surface area contributed by atoms with Crippen molar-refractivity contribution in [2.45, 2.75) is 48.0 Å². The van der Waals surface area contributed by atoms with Crippen molar-refractivity contribution < 1.29 is 0 Å². The monoisotopic (exact) mass is 157 g/mol. The Kier molecular flexibility index (Phi) is 11.4. The first-order chi connectivity index (χ1) is 5.09. The minimum atomic E-state index is 1.02. The van der Waals surface area contributed by atoms with E-state index >= 15 is 0 Å². The van der Waals surface area contributed by atoms with Gasteiger partial charge in [0.2, 0.25) is 0 Å². The third-order valence-corrected chi connectivity index (χ3v) is 1.19. The molecule has 1 nitrogen and oxygen atoms in total. The van der Waals surface area contributed by atoms with E-state index in [4.69, 9.17) is 0 Å². The van der Waals surface area contributed by atoms with E-state index in [0.29, 0.717) is 0 Å². The van der Waals surface area contributed by atoms with E-state index in [1.54, 1.807) is 0 Å². The first kappa shape index (κ1) is 13.2.